The molecule has 1 atom stereocenters. The fourth-order valence-corrected chi connectivity index (χ4v) is 3.05. The van der Waals surface area contributed by atoms with Gasteiger partial charge in [-0.2, -0.15) is 0 Å². The molecule has 1 aromatic carbocycles. The summed E-state index contributed by atoms with van der Waals surface area (Å²) in [4.78, 5) is 7.33. The maximum absolute atomic E-state index is 5.53. The van der Waals surface area contributed by atoms with E-state index >= 15 is 0 Å². The summed E-state index contributed by atoms with van der Waals surface area (Å²) in [7, 11) is 1.73. The van der Waals surface area contributed by atoms with Gasteiger partial charge in [0.2, 0.25) is 0 Å². The molecule has 0 radical (unpaired) electrons. The van der Waals surface area contributed by atoms with Gasteiger partial charge < -0.3 is 20.1 Å². The minimum absolute atomic E-state index is 0.272. The first-order valence-corrected chi connectivity index (χ1v) is 9.64. The maximum Gasteiger partial charge on any atom is 0.191 e. The van der Waals surface area contributed by atoms with E-state index < -0.39 is 0 Å². The maximum atomic E-state index is 5.53. The Kier molecular flexibility index (Phi) is 9.45. The number of hydrogen-bond donors (Lipinski definition) is 2. The highest BCUT2D eigenvalue weighted by atomic mass is 16.5. The predicted molar refractivity (Wildman–Crippen MR) is 107 cm³/mol. The van der Waals surface area contributed by atoms with Crippen molar-refractivity contribution in [1.29, 1.82) is 0 Å². The van der Waals surface area contributed by atoms with Crippen molar-refractivity contribution in [2.24, 2.45) is 4.99 Å². The summed E-state index contributed by atoms with van der Waals surface area (Å²) in [5, 5.41) is 6.72. The number of nitrogens with zero attached hydrogens (tertiary/aromatic N) is 2. The third-order valence-corrected chi connectivity index (χ3v) is 4.53. The van der Waals surface area contributed by atoms with Crippen LogP contribution in [0.4, 0.5) is 0 Å². The van der Waals surface area contributed by atoms with Gasteiger partial charge in [0.05, 0.1) is 25.8 Å². The van der Waals surface area contributed by atoms with E-state index in [9.17, 15) is 0 Å². The van der Waals surface area contributed by atoms with E-state index in [0.29, 0.717) is 0 Å². The van der Waals surface area contributed by atoms with Crippen molar-refractivity contribution in [2.75, 3.05) is 59.7 Å². The van der Waals surface area contributed by atoms with Gasteiger partial charge in [-0.15, -0.1) is 0 Å². The summed E-state index contributed by atoms with van der Waals surface area (Å²) in [6.07, 6.45) is 0.964. The van der Waals surface area contributed by atoms with Crippen LogP contribution in [0.1, 0.15) is 30.5 Å². The largest absolute Gasteiger partial charge is 0.385 e. The number of morpholine rings is 1. The van der Waals surface area contributed by atoms with Crippen molar-refractivity contribution in [3.63, 3.8) is 0 Å². The second-order valence-electron chi connectivity index (χ2n) is 6.57. The number of nitrogens with one attached hydrogen (secondary N) is 2. The van der Waals surface area contributed by atoms with E-state index in [1.807, 2.05) is 0 Å². The lowest BCUT2D eigenvalue weighted by Crippen LogP contribution is -2.42. The Morgan fingerprint density at radius 2 is 1.96 bits per heavy atom. The number of aryl methyl sites for hydroxylation is 1. The van der Waals surface area contributed by atoms with Gasteiger partial charge in [-0.05, 0) is 25.8 Å². The highest BCUT2D eigenvalue weighted by Crippen LogP contribution is 2.22. The zero-order valence-corrected chi connectivity index (χ0v) is 16.5. The quantitative estimate of drug-likeness (QED) is 0.400. The number of methoxy groups -OCH3 is 1. The first-order valence-electron chi connectivity index (χ1n) is 9.64. The minimum Gasteiger partial charge on any atom is -0.385 e. The Bertz CT molecular complexity index is 527. The standard InChI is InChI=1S/C20H34N4O2/c1-4-21-20(22-10-5-13-25-3)23-16-19(24-11-14-26-15-12-24)18-8-6-17(2)7-9-18/h6-9,19H,4-5,10-16H2,1-3H3,(H2,21,22,23). The number of benzene rings is 1. The molecule has 1 unspecified atom stereocenters. The Balaban J connectivity index is 2.06. The number of ether oxygens (including phenoxy) is 2. The average molecular weight is 363 g/mol. The van der Waals surface area contributed by atoms with Crippen LogP contribution in [0.2, 0.25) is 0 Å². The Hall–Kier alpha value is -1.63. The molecule has 1 fully saturated rings. The third kappa shape index (κ3) is 6.94. The van der Waals surface area contributed by atoms with Crippen LogP contribution < -0.4 is 10.6 Å². The molecule has 0 aromatic heterocycles. The number of hydrogen-bond acceptors (Lipinski definition) is 4. The van der Waals surface area contributed by atoms with Crippen LogP contribution in [0, 0.1) is 6.92 Å². The molecule has 6 heteroatoms. The summed E-state index contributed by atoms with van der Waals surface area (Å²) in [6.45, 7) is 10.9. The molecular weight excluding hydrogens is 328 g/mol. The molecule has 0 aliphatic carbocycles. The second kappa shape index (κ2) is 11.9. The van der Waals surface area contributed by atoms with Gasteiger partial charge in [0.1, 0.15) is 0 Å². The zero-order chi connectivity index (χ0) is 18.6. The van der Waals surface area contributed by atoms with Crippen molar-refractivity contribution in [1.82, 2.24) is 15.5 Å². The highest BCUT2D eigenvalue weighted by molar-refractivity contribution is 5.79. The number of aliphatic imine (C=N–C) groups is 1. The third-order valence-electron chi connectivity index (χ3n) is 4.53. The molecule has 146 valence electrons. The van der Waals surface area contributed by atoms with Crippen molar-refractivity contribution in [3.8, 4) is 0 Å². The topological polar surface area (TPSA) is 58.1 Å². The van der Waals surface area contributed by atoms with E-state index in [1.165, 1.54) is 11.1 Å². The average Bonchev–Trinajstić information content (AvgIpc) is 2.67. The van der Waals surface area contributed by atoms with Gasteiger partial charge >= 0.3 is 0 Å². The van der Waals surface area contributed by atoms with Crippen LogP contribution in [0.25, 0.3) is 0 Å². The predicted octanol–water partition coefficient (Wildman–Crippen LogP) is 1.96. The summed E-state index contributed by atoms with van der Waals surface area (Å²) >= 11 is 0. The molecule has 1 aromatic rings. The normalized spacial score (nSPS) is 17.1. The molecule has 0 amide bonds. The zero-order valence-electron chi connectivity index (χ0n) is 16.5. The first-order chi connectivity index (χ1) is 12.7. The lowest BCUT2D eigenvalue weighted by molar-refractivity contribution is 0.0179. The van der Waals surface area contributed by atoms with E-state index in [-0.39, 0.29) is 6.04 Å². The molecule has 0 bridgehead atoms. The summed E-state index contributed by atoms with van der Waals surface area (Å²) in [5.74, 6) is 0.869. The summed E-state index contributed by atoms with van der Waals surface area (Å²) in [6, 6.07) is 9.09. The molecule has 0 spiro atoms. The van der Waals surface area contributed by atoms with Gasteiger partial charge in [-0.1, -0.05) is 29.8 Å². The summed E-state index contributed by atoms with van der Waals surface area (Å²) < 4.78 is 10.6. The van der Waals surface area contributed by atoms with Gasteiger partial charge in [-0.3, -0.25) is 9.89 Å². The van der Waals surface area contributed by atoms with E-state index in [2.05, 4.69) is 53.6 Å². The van der Waals surface area contributed by atoms with Crippen LogP contribution in [0.15, 0.2) is 29.3 Å². The molecule has 6 nitrogen and oxygen atoms in total. The van der Waals surface area contributed by atoms with Crippen LogP contribution in [0.3, 0.4) is 0 Å². The molecule has 1 aliphatic rings. The van der Waals surface area contributed by atoms with Crippen LogP contribution in [-0.4, -0.2) is 70.5 Å². The van der Waals surface area contributed by atoms with Gasteiger partial charge in [0.25, 0.3) is 0 Å². The summed E-state index contributed by atoms with van der Waals surface area (Å²) in [5.41, 5.74) is 2.60. The van der Waals surface area contributed by atoms with Crippen LogP contribution in [-0.2, 0) is 9.47 Å². The molecule has 1 aliphatic heterocycles. The van der Waals surface area contributed by atoms with Crippen molar-refractivity contribution < 1.29 is 9.47 Å². The fourth-order valence-electron chi connectivity index (χ4n) is 3.05. The molecule has 1 heterocycles. The van der Waals surface area contributed by atoms with Crippen molar-refractivity contribution >= 4 is 5.96 Å². The molecule has 2 rings (SSSR count). The molecule has 26 heavy (non-hydrogen) atoms. The second-order valence-corrected chi connectivity index (χ2v) is 6.57. The van der Waals surface area contributed by atoms with Gasteiger partial charge in [0.15, 0.2) is 5.96 Å². The minimum atomic E-state index is 0.272. The Morgan fingerprint density at radius 3 is 2.62 bits per heavy atom. The van der Waals surface area contributed by atoms with E-state index in [1.54, 1.807) is 7.11 Å². The van der Waals surface area contributed by atoms with E-state index in [0.717, 1.165) is 64.9 Å². The first kappa shape index (κ1) is 20.7. The van der Waals surface area contributed by atoms with Crippen molar-refractivity contribution in [3.05, 3.63) is 35.4 Å². The molecule has 2 N–H and O–H groups in total. The Labute approximate surface area is 158 Å². The SMILES string of the molecule is CCNC(=NCC(c1ccc(C)cc1)N1CCOCC1)NCCCOC. The van der Waals surface area contributed by atoms with Crippen molar-refractivity contribution in [2.45, 2.75) is 26.3 Å². The lowest BCUT2D eigenvalue weighted by Gasteiger charge is -2.34. The monoisotopic (exact) mass is 362 g/mol. The van der Waals surface area contributed by atoms with Gasteiger partial charge in [-0.25, -0.2) is 0 Å². The number of rotatable bonds is 9. The molecule has 1 saturated heterocycles. The lowest BCUT2D eigenvalue weighted by atomic mass is 10.0. The smallest absolute Gasteiger partial charge is 0.191 e. The fraction of sp³-hybridized carbons (Fsp3) is 0.650. The Morgan fingerprint density at radius 1 is 1.23 bits per heavy atom. The number of guanidine groups is 1. The molecular formula is C20H34N4O2. The van der Waals surface area contributed by atoms with Crippen LogP contribution >= 0.6 is 0 Å². The van der Waals surface area contributed by atoms with Crippen LogP contribution in [0.5, 0.6) is 0 Å². The molecule has 0 saturated carbocycles. The van der Waals surface area contributed by atoms with E-state index in [4.69, 9.17) is 14.5 Å². The highest BCUT2D eigenvalue weighted by Gasteiger charge is 2.22. The van der Waals surface area contributed by atoms with Gasteiger partial charge in [0, 0.05) is 39.9 Å².